The van der Waals surface area contributed by atoms with Gasteiger partial charge < -0.3 is 19.7 Å². The first-order chi connectivity index (χ1) is 18.3. The molecule has 2 aromatic rings. The van der Waals surface area contributed by atoms with Crippen molar-refractivity contribution in [1.29, 1.82) is 0 Å². The number of rotatable bonds is 14. The van der Waals surface area contributed by atoms with E-state index in [1.165, 1.54) is 6.42 Å². The lowest BCUT2D eigenvalue weighted by atomic mass is 9.88. The molecule has 0 saturated heterocycles. The molecule has 2 aromatic carbocycles. The standard InChI is InChI=1S/C27H33Cl2N3O5S/c1-32(19-27(38-31-35)13-5-2-6-14-27)15-8-16-36-25(34)18-37-24(33)17-20-9-3-4-12-23(20)30-26-21(28)10-7-11-22(26)29/h3-4,7,9-12,30H,2,5-6,8,13-19H2,1H3. The largest absolute Gasteiger partial charge is 0.463 e. The summed E-state index contributed by atoms with van der Waals surface area (Å²) >= 11 is 13.7. The molecule has 3 rings (SSSR count). The van der Waals surface area contributed by atoms with Crippen molar-refractivity contribution in [3.63, 3.8) is 0 Å². The lowest BCUT2D eigenvalue weighted by Crippen LogP contribution is -2.40. The highest BCUT2D eigenvalue weighted by Crippen LogP contribution is 2.41. The second-order valence-electron chi connectivity index (χ2n) is 9.44. The van der Waals surface area contributed by atoms with E-state index in [4.69, 9.17) is 32.7 Å². The normalized spacial score (nSPS) is 14.6. The Hall–Kier alpha value is -2.33. The van der Waals surface area contributed by atoms with E-state index in [2.05, 4.69) is 14.8 Å². The van der Waals surface area contributed by atoms with Gasteiger partial charge in [0.1, 0.15) is 0 Å². The summed E-state index contributed by atoms with van der Waals surface area (Å²) in [6.45, 7) is 1.25. The van der Waals surface area contributed by atoms with Crippen molar-refractivity contribution in [1.82, 2.24) is 4.90 Å². The van der Waals surface area contributed by atoms with Gasteiger partial charge in [-0.15, -0.1) is 4.91 Å². The SMILES string of the molecule is CN(CCCOC(=O)COC(=O)Cc1ccccc1Nc1c(Cl)cccc1Cl)CC1(SN=O)CCCCC1. The number of esters is 2. The van der Waals surface area contributed by atoms with Crippen molar-refractivity contribution in [3.05, 3.63) is 63.0 Å². The second kappa shape index (κ2) is 15.3. The number of para-hydroxylation sites is 2. The van der Waals surface area contributed by atoms with E-state index < -0.39 is 18.5 Å². The third kappa shape index (κ3) is 9.45. The van der Waals surface area contributed by atoms with E-state index in [1.54, 1.807) is 36.4 Å². The molecule has 0 radical (unpaired) electrons. The number of benzene rings is 2. The molecular weight excluding hydrogens is 549 g/mol. The van der Waals surface area contributed by atoms with Gasteiger partial charge in [0.25, 0.3) is 0 Å². The number of halogens is 2. The van der Waals surface area contributed by atoms with Gasteiger partial charge in [-0.1, -0.05) is 66.7 Å². The number of carbonyl (C=O) groups is 2. The minimum atomic E-state index is -0.597. The topological polar surface area (TPSA) is 97.3 Å². The first kappa shape index (κ1) is 30.2. The predicted octanol–water partition coefficient (Wildman–Crippen LogP) is 6.81. The Morgan fingerprint density at radius 3 is 2.45 bits per heavy atom. The van der Waals surface area contributed by atoms with Crippen molar-refractivity contribution < 1.29 is 19.1 Å². The molecular formula is C27H33Cl2N3O5S. The van der Waals surface area contributed by atoms with Crippen molar-refractivity contribution in [3.8, 4) is 0 Å². The maximum atomic E-state index is 12.4. The minimum Gasteiger partial charge on any atom is -0.463 e. The molecule has 1 aliphatic carbocycles. The average molecular weight is 583 g/mol. The zero-order chi connectivity index (χ0) is 27.4. The van der Waals surface area contributed by atoms with Crippen molar-refractivity contribution in [2.45, 2.75) is 49.7 Å². The van der Waals surface area contributed by atoms with Crippen LogP contribution in [0.5, 0.6) is 0 Å². The van der Waals surface area contributed by atoms with Gasteiger partial charge in [0.05, 0.1) is 33.5 Å². The zero-order valence-electron chi connectivity index (χ0n) is 21.4. The second-order valence-corrected chi connectivity index (χ2v) is 11.4. The van der Waals surface area contributed by atoms with Gasteiger partial charge in [0.15, 0.2) is 6.61 Å². The minimum absolute atomic E-state index is 0.0429. The molecule has 0 heterocycles. The van der Waals surface area contributed by atoms with Crippen LogP contribution in [-0.4, -0.2) is 54.9 Å². The highest BCUT2D eigenvalue weighted by atomic mass is 35.5. The highest BCUT2D eigenvalue weighted by Gasteiger charge is 2.35. The number of hydrogen-bond acceptors (Lipinski definition) is 9. The summed E-state index contributed by atoms with van der Waals surface area (Å²) in [6.07, 6.45) is 6.00. The summed E-state index contributed by atoms with van der Waals surface area (Å²) in [5.74, 6) is -1.15. The van der Waals surface area contributed by atoms with E-state index in [0.717, 1.165) is 44.2 Å². The summed E-state index contributed by atoms with van der Waals surface area (Å²) in [5, 5.41) is 4.07. The van der Waals surface area contributed by atoms with Crippen LogP contribution in [-0.2, 0) is 25.5 Å². The Bertz CT molecular complexity index is 1080. The van der Waals surface area contributed by atoms with Crippen LogP contribution in [0.25, 0.3) is 0 Å². The fraction of sp³-hybridized carbons (Fsp3) is 0.481. The van der Waals surface area contributed by atoms with Crippen LogP contribution in [0.4, 0.5) is 11.4 Å². The van der Waals surface area contributed by atoms with Crippen LogP contribution in [0.1, 0.15) is 44.1 Å². The number of ether oxygens (including phenoxy) is 2. The molecule has 0 aromatic heterocycles. The Morgan fingerprint density at radius 2 is 1.74 bits per heavy atom. The number of nitrogens with one attached hydrogen (secondary N) is 1. The zero-order valence-corrected chi connectivity index (χ0v) is 23.7. The summed E-state index contributed by atoms with van der Waals surface area (Å²) in [4.78, 5) is 37.5. The highest BCUT2D eigenvalue weighted by molar-refractivity contribution is 7.99. The molecule has 0 bridgehead atoms. The molecule has 1 saturated carbocycles. The Kier molecular flexibility index (Phi) is 12.2. The first-order valence-electron chi connectivity index (χ1n) is 12.6. The van der Waals surface area contributed by atoms with E-state index in [1.807, 2.05) is 13.1 Å². The van der Waals surface area contributed by atoms with Gasteiger partial charge in [-0.05, 0) is 50.1 Å². The van der Waals surface area contributed by atoms with Crippen LogP contribution in [0.2, 0.25) is 10.0 Å². The fourth-order valence-corrected chi connectivity index (χ4v) is 5.98. The molecule has 1 N–H and O–H groups in total. The number of hydrogen-bond donors (Lipinski definition) is 1. The maximum absolute atomic E-state index is 12.4. The lowest BCUT2D eigenvalue weighted by molar-refractivity contribution is -0.158. The van der Waals surface area contributed by atoms with Crippen LogP contribution >= 0.6 is 35.1 Å². The molecule has 0 unspecified atom stereocenters. The smallest absolute Gasteiger partial charge is 0.344 e. The monoisotopic (exact) mass is 581 g/mol. The molecule has 0 aliphatic heterocycles. The van der Waals surface area contributed by atoms with E-state index in [-0.39, 0.29) is 17.8 Å². The molecule has 0 amide bonds. The summed E-state index contributed by atoms with van der Waals surface area (Å²) in [6, 6.07) is 12.4. The molecule has 1 aliphatic rings. The Balaban J connectivity index is 1.38. The maximum Gasteiger partial charge on any atom is 0.344 e. The average Bonchev–Trinajstić information content (AvgIpc) is 2.89. The van der Waals surface area contributed by atoms with Crippen LogP contribution in [0.3, 0.4) is 0 Å². The molecule has 0 atom stereocenters. The van der Waals surface area contributed by atoms with Gasteiger partial charge in [0.2, 0.25) is 0 Å². The van der Waals surface area contributed by atoms with E-state index >= 15 is 0 Å². The Labute approximate surface area is 237 Å². The number of nitroso groups, excluding NO2 is 1. The third-order valence-corrected chi connectivity index (χ3v) is 8.06. The van der Waals surface area contributed by atoms with E-state index in [9.17, 15) is 14.5 Å². The lowest BCUT2D eigenvalue weighted by Gasteiger charge is -2.37. The quantitative estimate of drug-likeness (QED) is 0.112. The van der Waals surface area contributed by atoms with Gasteiger partial charge in [-0.2, -0.15) is 0 Å². The number of nitrogens with zero attached hydrogens (tertiary/aromatic N) is 2. The van der Waals surface area contributed by atoms with Gasteiger partial charge in [-0.25, -0.2) is 4.79 Å². The van der Waals surface area contributed by atoms with Crippen molar-refractivity contribution in [2.24, 2.45) is 4.58 Å². The predicted molar refractivity (Wildman–Crippen MR) is 153 cm³/mol. The van der Waals surface area contributed by atoms with E-state index in [0.29, 0.717) is 39.9 Å². The number of anilines is 2. The molecule has 11 heteroatoms. The van der Waals surface area contributed by atoms with Crippen molar-refractivity contribution in [2.75, 3.05) is 38.7 Å². The molecule has 0 spiro atoms. The summed E-state index contributed by atoms with van der Waals surface area (Å²) in [5.41, 5.74) is 1.87. The first-order valence-corrected chi connectivity index (χ1v) is 14.1. The van der Waals surface area contributed by atoms with Crippen LogP contribution in [0, 0.1) is 4.91 Å². The fourth-order valence-electron chi connectivity index (χ4n) is 4.58. The summed E-state index contributed by atoms with van der Waals surface area (Å²) < 4.78 is 13.4. The van der Waals surface area contributed by atoms with Crippen LogP contribution in [0.15, 0.2) is 47.0 Å². The molecule has 206 valence electrons. The van der Waals surface area contributed by atoms with Gasteiger partial charge in [0, 0.05) is 35.3 Å². The Morgan fingerprint density at radius 1 is 1.03 bits per heavy atom. The number of carbonyl (C=O) groups excluding carboxylic acids is 2. The van der Waals surface area contributed by atoms with Crippen molar-refractivity contribution >= 4 is 58.5 Å². The van der Waals surface area contributed by atoms with Crippen LogP contribution < -0.4 is 5.32 Å². The molecule has 38 heavy (non-hydrogen) atoms. The summed E-state index contributed by atoms with van der Waals surface area (Å²) in [7, 11) is 2.00. The third-order valence-electron chi connectivity index (χ3n) is 6.43. The molecule has 8 nitrogen and oxygen atoms in total. The molecule has 1 fully saturated rings. The van der Waals surface area contributed by atoms with Gasteiger partial charge in [-0.3, -0.25) is 4.79 Å². The van der Waals surface area contributed by atoms with Gasteiger partial charge >= 0.3 is 11.9 Å².